The van der Waals surface area contributed by atoms with Crippen LogP contribution in [0, 0.1) is 0 Å². The van der Waals surface area contributed by atoms with Crippen LogP contribution in [-0.4, -0.2) is 26.0 Å². The van der Waals surface area contributed by atoms with E-state index in [-0.39, 0.29) is 17.3 Å². The van der Waals surface area contributed by atoms with E-state index >= 15 is 0 Å². The first-order valence-corrected chi connectivity index (χ1v) is 9.45. The summed E-state index contributed by atoms with van der Waals surface area (Å²) in [5, 5.41) is 3.99. The van der Waals surface area contributed by atoms with Gasteiger partial charge in [0.2, 0.25) is 0 Å². The lowest BCUT2D eigenvalue weighted by Gasteiger charge is -2.26. The van der Waals surface area contributed by atoms with Gasteiger partial charge in [-0.2, -0.15) is 0 Å². The maximum Gasteiger partial charge on any atom is 0.151 e. The third kappa shape index (κ3) is 3.74. The van der Waals surface area contributed by atoms with Crippen molar-refractivity contribution in [3.8, 4) is 0 Å². The normalized spacial score (nSPS) is 24.8. The summed E-state index contributed by atoms with van der Waals surface area (Å²) >= 11 is 6.04. The molecule has 0 aromatic heterocycles. The lowest BCUT2D eigenvalue weighted by molar-refractivity contribution is 0.427. The second-order valence-corrected chi connectivity index (χ2v) is 8.29. The number of sulfone groups is 1. The number of hydrogen-bond donors (Lipinski definition) is 1. The molecule has 112 valence electrons. The molecule has 0 heterocycles. The average molecular weight is 316 g/mol. The summed E-state index contributed by atoms with van der Waals surface area (Å²) in [6.45, 7) is 2.10. The number of benzene rings is 1. The van der Waals surface area contributed by atoms with Gasteiger partial charge < -0.3 is 5.32 Å². The Kier molecular flexibility index (Phi) is 5.10. The Labute approximate surface area is 126 Å². The Morgan fingerprint density at radius 3 is 2.75 bits per heavy atom. The summed E-state index contributed by atoms with van der Waals surface area (Å²) in [5.74, 6) is 0. The van der Waals surface area contributed by atoms with E-state index in [0.717, 1.165) is 31.2 Å². The van der Waals surface area contributed by atoms with E-state index in [1.807, 2.05) is 24.3 Å². The van der Waals surface area contributed by atoms with Crippen molar-refractivity contribution in [2.75, 3.05) is 6.26 Å². The second-order valence-electron chi connectivity index (χ2n) is 5.59. The van der Waals surface area contributed by atoms with Crippen molar-refractivity contribution in [3.05, 3.63) is 34.9 Å². The smallest absolute Gasteiger partial charge is 0.151 e. The number of hydrogen-bond acceptors (Lipinski definition) is 3. The molecular weight excluding hydrogens is 294 g/mol. The molecule has 1 saturated carbocycles. The van der Waals surface area contributed by atoms with Crippen molar-refractivity contribution in [1.82, 2.24) is 5.32 Å². The minimum atomic E-state index is -2.98. The largest absolute Gasteiger partial charge is 0.306 e. The molecule has 1 fully saturated rings. The predicted octanol–water partition coefficient (Wildman–Crippen LogP) is 3.35. The molecule has 0 amide bonds. The Hall–Kier alpha value is -0.580. The van der Waals surface area contributed by atoms with E-state index < -0.39 is 9.84 Å². The monoisotopic (exact) mass is 315 g/mol. The highest BCUT2D eigenvalue weighted by Gasteiger charge is 2.35. The topological polar surface area (TPSA) is 46.2 Å². The SMILES string of the molecule is CCC(NC1CCCC1S(C)(=O)=O)c1cccc(Cl)c1. The van der Waals surface area contributed by atoms with Gasteiger partial charge >= 0.3 is 0 Å². The molecule has 20 heavy (non-hydrogen) atoms. The van der Waals surface area contributed by atoms with Crippen LogP contribution in [0.1, 0.15) is 44.2 Å². The molecule has 5 heteroatoms. The van der Waals surface area contributed by atoms with Crippen LogP contribution in [-0.2, 0) is 9.84 Å². The minimum absolute atomic E-state index is 0.0499. The molecule has 0 radical (unpaired) electrons. The Balaban J connectivity index is 2.14. The molecule has 3 nitrogen and oxygen atoms in total. The van der Waals surface area contributed by atoms with Gasteiger partial charge in [0.05, 0.1) is 5.25 Å². The maximum atomic E-state index is 11.8. The van der Waals surface area contributed by atoms with Crippen LogP contribution in [0.4, 0.5) is 0 Å². The third-order valence-corrected chi connectivity index (χ3v) is 5.98. The van der Waals surface area contributed by atoms with Crippen LogP contribution >= 0.6 is 11.6 Å². The minimum Gasteiger partial charge on any atom is -0.306 e. The lowest BCUT2D eigenvalue weighted by atomic mass is 10.0. The molecule has 3 atom stereocenters. The first kappa shape index (κ1) is 15.8. The van der Waals surface area contributed by atoms with E-state index in [4.69, 9.17) is 11.6 Å². The zero-order valence-corrected chi connectivity index (χ0v) is 13.5. The molecule has 1 aliphatic rings. The zero-order valence-electron chi connectivity index (χ0n) is 12.0. The number of nitrogens with one attached hydrogen (secondary N) is 1. The van der Waals surface area contributed by atoms with E-state index in [2.05, 4.69) is 12.2 Å². The zero-order chi connectivity index (χ0) is 14.8. The van der Waals surface area contributed by atoms with Gasteiger partial charge in [-0.1, -0.05) is 37.1 Å². The Morgan fingerprint density at radius 1 is 1.40 bits per heavy atom. The molecule has 2 rings (SSSR count). The lowest BCUT2D eigenvalue weighted by Crippen LogP contribution is -2.41. The summed E-state index contributed by atoms with van der Waals surface area (Å²) in [4.78, 5) is 0. The molecule has 1 N–H and O–H groups in total. The van der Waals surface area contributed by atoms with Crippen LogP contribution in [0.15, 0.2) is 24.3 Å². The highest BCUT2D eigenvalue weighted by molar-refractivity contribution is 7.91. The van der Waals surface area contributed by atoms with Crippen LogP contribution < -0.4 is 5.32 Å². The van der Waals surface area contributed by atoms with Gasteiger partial charge in [-0.3, -0.25) is 0 Å². The second kappa shape index (κ2) is 6.46. The van der Waals surface area contributed by atoms with Crippen molar-refractivity contribution in [1.29, 1.82) is 0 Å². The summed E-state index contributed by atoms with van der Waals surface area (Å²) in [6, 6.07) is 7.98. The van der Waals surface area contributed by atoms with Crippen LogP contribution in [0.3, 0.4) is 0 Å². The molecule has 0 aliphatic heterocycles. The van der Waals surface area contributed by atoms with E-state index in [1.54, 1.807) is 0 Å². The first-order valence-electron chi connectivity index (χ1n) is 7.12. The molecule has 3 unspecified atom stereocenters. The van der Waals surface area contributed by atoms with Crippen molar-refractivity contribution >= 4 is 21.4 Å². The maximum absolute atomic E-state index is 11.8. The van der Waals surface area contributed by atoms with Crippen molar-refractivity contribution in [3.63, 3.8) is 0 Å². The van der Waals surface area contributed by atoms with Gasteiger partial charge in [-0.15, -0.1) is 0 Å². The fourth-order valence-electron chi connectivity index (χ4n) is 3.06. The third-order valence-electron chi connectivity index (χ3n) is 4.08. The Bertz CT molecular complexity index is 559. The number of halogens is 1. The van der Waals surface area contributed by atoms with Gasteiger partial charge in [0.25, 0.3) is 0 Å². The standard InChI is InChI=1S/C15H22ClNO2S/c1-3-13(11-6-4-7-12(16)10-11)17-14-8-5-9-15(14)20(2,18)19/h4,6-7,10,13-15,17H,3,5,8-9H2,1-2H3. The van der Waals surface area contributed by atoms with Crippen LogP contribution in [0.2, 0.25) is 5.02 Å². The molecule has 0 bridgehead atoms. The molecule has 0 saturated heterocycles. The van der Waals surface area contributed by atoms with Gasteiger partial charge in [-0.25, -0.2) is 8.42 Å². The van der Waals surface area contributed by atoms with Crippen LogP contribution in [0.25, 0.3) is 0 Å². The number of rotatable bonds is 5. The van der Waals surface area contributed by atoms with E-state index in [1.165, 1.54) is 6.26 Å². The summed E-state index contributed by atoms with van der Waals surface area (Å²) < 4.78 is 23.7. The molecule has 1 aromatic rings. The van der Waals surface area contributed by atoms with Gasteiger partial charge in [0.15, 0.2) is 9.84 Å². The van der Waals surface area contributed by atoms with E-state index in [0.29, 0.717) is 5.02 Å². The first-order chi connectivity index (χ1) is 9.41. The summed E-state index contributed by atoms with van der Waals surface area (Å²) in [5.41, 5.74) is 1.12. The van der Waals surface area contributed by atoms with Crippen LogP contribution in [0.5, 0.6) is 0 Å². The summed E-state index contributed by atoms with van der Waals surface area (Å²) in [7, 11) is -2.98. The predicted molar refractivity (Wildman–Crippen MR) is 83.9 cm³/mol. The Morgan fingerprint density at radius 2 is 2.15 bits per heavy atom. The highest BCUT2D eigenvalue weighted by Crippen LogP contribution is 2.29. The van der Waals surface area contributed by atoms with Crippen molar-refractivity contribution in [2.45, 2.75) is 49.9 Å². The molecular formula is C15H22ClNO2S. The van der Waals surface area contributed by atoms with Gasteiger partial charge in [-0.05, 0) is 37.0 Å². The van der Waals surface area contributed by atoms with Gasteiger partial charge in [0, 0.05) is 23.4 Å². The fourth-order valence-corrected chi connectivity index (χ4v) is 4.67. The van der Waals surface area contributed by atoms with E-state index in [9.17, 15) is 8.42 Å². The summed E-state index contributed by atoms with van der Waals surface area (Å²) in [6.07, 6.45) is 4.92. The quantitative estimate of drug-likeness (QED) is 0.906. The molecule has 0 spiro atoms. The van der Waals surface area contributed by atoms with Crippen molar-refractivity contribution < 1.29 is 8.42 Å². The highest BCUT2D eigenvalue weighted by atomic mass is 35.5. The fraction of sp³-hybridized carbons (Fsp3) is 0.600. The van der Waals surface area contributed by atoms with Crippen molar-refractivity contribution in [2.24, 2.45) is 0 Å². The molecule has 1 aliphatic carbocycles. The molecule has 1 aromatic carbocycles. The average Bonchev–Trinajstić information content (AvgIpc) is 2.84. The van der Waals surface area contributed by atoms with Gasteiger partial charge in [0.1, 0.15) is 0 Å².